The van der Waals surface area contributed by atoms with E-state index in [-0.39, 0.29) is 11.2 Å². The van der Waals surface area contributed by atoms with Crippen LogP contribution in [0, 0.1) is 13.8 Å². The van der Waals surface area contributed by atoms with Crippen LogP contribution in [0.2, 0.25) is 0 Å². The Morgan fingerprint density at radius 1 is 1.16 bits per heavy atom. The number of carbonyl (C=O) groups is 1. The lowest BCUT2D eigenvalue weighted by Crippen LogP contribution is -2.22. The highest BCUT2D eigenvalue weighted by molar-refractivity contribution is 8.00. The van der Waals surface area contributed by atoms with Crippen LogP contribution < -0.4 is 5.32 Å². The number of carbonyl (C=O) groups excluding carboxylic acids is 1. The Labute approximate surface area is 150 Å². The molecule has 0 bridgehead atoms. The number of benzene rings is 2. The summed E-state index contributed by atoms with van der Waals surface area (Å²) in [7, 11) is 0. The van der Waals surface area contributed by atoms with E-state index in [4.69, 9.17) is 0 Å². The molecule has 0 radical (unpaired) electrons. The molecular formula is C18H19N5OS. The lowest BCUT2D eigenvalue weighted by Gasteiger charge is -2.12. The minimum Gasteiger partial charge on any atom is -0.325 e. The summed E-state index contributed by atoms with van der Waals surface area (Å²) in [5, 5.41) is 15.1. The van der Waals surface area contributed by atoms with Gasteiger partial charge in [-0.15, -0.1) is 5.10 Å². The van der Waals surface area contributed by atoms with Gasteiger partial charge in [-0.3, -0.25) is 4.79 Å². The van der Waals surface area contributed by atoms with Crippen LogP contribution in [0.4, 0.5) is 5.69 Å². The van der Waals surface area contributed by atoms with E-state index in [0.29, 0.717) is 5.16 Å². The van der Waals surface area contributed by atoms with Gasteiger partial charge in [-0.05, 0) is 55.0 Å². The van der Waals surface area contributed by atoms with E-state index in [1.165, 1.54) is 17.3 Å². The molecule has 0 aliphatic carbocycles. The second-order valence-corrected chi connectivity index (χ2v) is 7.09. The van der Waals surface area contributed by atoms with Crippen molar-refractivity contribution < 1.29 is 4.79 Å². The van der Waals surface area contributed by atoms with Gasteiger partial charge in [0, 0.05) is 5.69 Å². The summed E-state index contributed by atoms with van der Waals surface area (Å²) in [5.74, 6) is -0.0913. The fourth-order valence-electron chi connectivity index (χ4n) is 2.42. The Balaban J connectivity index is 1.75. The minimum atomic E-state index is -0.337. The predicted molar refractivity (Wildman–Crippen MR) is 99.0 cm³/mol. The molecular weight excluding hydrogens is 334 g/mol. The third-order valence-corrected chi connectivity index (χ3v) is 4.75. The molecule has 0 aliphatic rings. The number of rotatable bonds is 5. The first kappa shape index (κ1) is 17.2. The predicted octanol–water partition coefficient (Wildman–Crippen LogP) is 3.40. The number of hydrogen-bond donors (Lipinski definition) is 1. The van der Waals surface area contributed by atoms with Crippen molar-refractivity contribution in [3.63, 3.8) is 0 Å². The number of hydrogen-bond acceptors (Lipinski definition) is 5. The molecule has 0 aliphatic heterocycles. The maximum Gasteiger partial charge on any atom is 0.237 e. The molecule has 1 atom stereocenters. The van der Waals surface area contributed by atoms with Gasteiger partial charge in [-0.2, -0.15) is 4.68 Å². The number of amides is 1. The van der Waals surface area contributed by atoms with Crippen LogP contribution in [0.1, 0.15) is 18.1 Å². The molecule has 7 heteroatoms. The van der Waals surface area contributed by atoms with Crippen molar-refractivity contribution in [2.45, 2.75) is 31.2 Å². The Morgan fingerprint density at radius 3 is 2.64 bits per heavy atom. The van der Waals surface area contributed by atoms with Gasteiger partial charge in [0.2, 0.25) is 11.1 Å². The zero-order chi connectivity index (χ0) is 17.8. The van der Waals surface area contributed by atoms with E-state index < -0.39 is 0 Å². The number of para-hydroxylation sites is 1. The monoisotopic (exact) mass is 353 g/mol. The van der Waals surface area contributed by atoms with E-state index in [1.807, 2.05) is 63.2 Å². The van der Waals surface area contributed by atoms with Crippen LogP contribution in [0.25, 0.3) is 5.69 Å². The molecule has 1 heterocycles. The average Bonchev–Trinajstić information content (AvgIpc) is 3.03. The standard InChI is InChI=1S/C18H19N5OS/c1-12-9-10-16(13(2)11-12)23-18(20-21-22-23)25-14(3)17(24)19-15-7-5-4-6-8-15/h4-11,14H,1-3H3,(H,19,24)/t14-/m0/s1. The number of aromatic nitrogens is 4. The molecule has 128 valence electrons. The molecule has 6 nitrogen and oxygen atoms in total. The minimum absolute atomic E-state index is 0.0913. The molecule has 1 aromatic heterocycles. The van der Waals surface area contributed by atoms with Gasteiger partial charge in [0.25, 0.3) is 0 Å². The summed E-state index contributed by atoms with van der Waals surface area (Å²) in [6, 6.07) is 15.5. The highest BCUT2D eigenvalue weighted by Crippen LogP contribution is 2.25. The lowest BCUT2D eigenvalue weighted by molar-refractivity contribution is -0.115. The normalized spacial score (nSPS) is 12.0. The third-order valence-electron chi connectivity index (χ3n) is 3.71. The van der Waals surface area contributed by atoms with Crippen molar-refractivity contribution >= 4 is 23.4 Å². The smallest absolute Gasteiger partial charge is 0.237 e. The highest BCUT2D eigenvalue weighted by Gasteiger charge is 2.20. The second-order valence-electron chi connectivity index (χ2n) is 5.78. The number of nitrogens with one attached hydrogen (secondary N) is 1. The Kier molecular flexibility index (Phi) is 5.14. The fourth-order valence-corrected chi connectivity index (χ4v) is 3.22. The zero-order valence-corrected chi connectivity index (χ0v) is 15.1. The number of aryl methyl sites for hydroxylation is 2. The zero-order valence-electron chi connectivity index (χ0n) is 14.3. The molecule has 3 aromatic rings. The summed E-state index contributed by atoms with van der Waals surface area (Å²) < 4.78 is 1.67. The van der Waals surface area contributed by atoms with Gasteiger partial charge in [0.1, 0.15) is 0 Å². The van der Waals surface area contributed by atoms with Crippen molar-refractivity contribution in [3.05, 3.63) is 59.7 Å². The molecule has 1 N–H and O–H groups in total. The SMILES string of the molecule is Cc1ccc(-n2nnnc2S[C@@H](C)C(=O)Nc2ccccc2)c(C)c1. The largest absolute Gasteiger partial charge is 0.325 e. The molecule has 0 saturated heterocycles. The van der Waals surface area contributed by atoms with E-state index in [2.05, 4.69) is 26.9 Å². The maximum atomic E-state index is 12.4. The first-order valence-electron chi connectivity index (χ1n) is 7.93. The number of nitrogens with zero attached hydrogens (tertiary/aromatic N) is 4. The number of thioether (sulfide) groups is 1. The maximum absolute atomic E-state index is 12.4. The van der Waals surface area contributed by atoms with E-state index in [0.717, 1.165) is 16.9 Å². The van der Waals surface area contributed by atoms with E-state index in [9.17, 15) is 4.79 Å². The van der Waals surface area contributed by atoms with Gasteiger partial charge in [0.15, 0.2) is 0 Å². The van der Waals surface area contributed by atoms with Crippen LogP contribution in [0.5, 0.6) is 0 Å². The van der Waals surface area contributed by atoms with E-state index in [1.54, 1.807) is 4.68 Å². The van der Waals surface area contributed by atoms with Crippen LogP contribution >= 0.6 is 11.8 Å². The number of tetrazole rings is 1. The molecule has 1 amide bonds. The van der Waals surface area contributed by atoms with Crippen molar-refractivity contribution in [2.75, 3.05) is 5.32 Å². The van der Waals surface area contributed by atoms with Crippen LogP contribution in [0.15, 0.2) is 53.7 Å². The molecule has 0 saturated carbocycles. The summed E-state index contributed by atoms with van der Waals surface area (Å²) in [4.78, 5) is 12.4. The van der Waals surface area contributed by atoms with Gasteiger partial charge in [0.05, 0.1) is 10.9 Å². The topological polar surface area (TPSA) is 72.7 Å². The Hall–Kier alpha value is -2.67. The van der Waals surface area contributed by atoms with Crippen molar-refractivity contribution in [2.24, 2.45) is 0 Å². The third kappa shape index (κ3) is 4.06. The fraction of sp³-hybridized carbons (Fsp3) is 0.222. The Morgan fingerprint density at radius 2 is 1.92 bits per heavy atom. The first-order valence-corrected chi connectivity index (χ1v) is 8.81. The van der Waals surface area contributed by atoms with Crippen LogP contribution in [-0.4, -0.2) is 31.4 Å². The average molecular weight is 353 g/mol. The first-order chi connectivity index (χ1) is 12.0. The highest BCUT2D eigenvalue weighted by atomic mass is 32.2. The van der Waals surface area contributed by atoms with Gasteiger partial charge >= 0.3 is 0 Å². The molecule has 25 heavy (non-hydrogen) atoms. The quantitative estimate of drug-likeness (QED) is 0.712. The summed E-state index contributed by atoms with van der Waals surface area (Å²) in [5.41, 5.74) is 3.94. The van der Waals surface area contributed by atoms with E-state index >= 15 is 0 Å². The van der Waals surface area contributed by atoms with Gasteiger partial charge in [-0.1, -0.05) is 47.7 Å². The van der Waals surface area contributed by atoms with Crippen molar-refractivity contribution in [1.82, 2.24) is 20.2 Å². The lowest BCUT2D eigenvalue weighted by atomic mass is 10.1. The number of anilines is 1. The second kappa shape index (κ2) is 7.48. The van der Waals surface area contributed by atoms with Crippen molar-refractivity contribution in [3.8, 4) is 5.69 Å². The molecule has 0 unspecified atom stereocenters. The molecule has 0 fully saturated rings. The summed E-state index contributed by atoms with van der Waals surface area (Å²) >= 11 is 1.33. The summed E-state index contributed by atoms with van der Waals surface area (Å²) in [6.45, 7) is 5.90. The van der Waals surface area contributed by atoms with Crippen LogP contribution in [-0.2, 0) is 4.79 Å². The van der Waals surface area contributed by atoms with Crippen molar-refractivity contribution in [1.29, 1.82) is 0 Å². The molecule has 2 aromatic carbocycles. The van der Waals surface area contributed by atoms with Gasteiger partial charge < -0.3 is 5.32 Å². The molecule has 0 spiro atoms. The molecule has 3 rings (SSSR count). The Bertz CT molecular complexity index is 878. The summed E-state index contributed by atoms with van der Waals surface area (Å²) in [6.07, 6.45) is 0. The van der Waals surface area contributed by atoms with Gasteiger partial charge in [-0.25, -0.2) is 0 Å². The van der Waals surface area contributed by atoms with Crippen LogP contribution in [0.3, 0.4) is 0 Å².